The van der Waals surface area contributed by atoms with Crippen LogP contribution in [0.1, 0.15) is 19.8 Å². The van der Waals surface area contributed by atoms with Crippen molar-refractivity contribution < 1.29 is 24.2 Å². The maximum absolute atomic E-state index is 6.89. The van der Waals surface area contributed by atoms with Crippen molar-refractivity contribution in [3.05, 3.63) is 182 Å². The first-order chi connectivity index (χ1) is 24.2. The van der Waals surface area contributed by atoms with Gasteiger partial charge in [-0.2, -0.15) is 0 Å². The number of hydrogen-bond acceptors (Lipinski definition) is 1. The average Bonchev–Trinajstić information content (AvgIpc) is 3.19. The van der Waals surface area contributed by atoms with Crippen LogP contribution in [-0.2, 0) is 24.2 Å². The fraction of sp³-hybridized carbons (Fsp3) is 0.200. The molecular formula is C45H47OP3Ru. The van der Waals surface area contributed by atoms with Crippen LogP contribution in [0, 0.1) is 5.41 Å². The Morgan fingerprint density at radius 1 is 0.400 bits per heavy atom. The van der Waals surface area contributed by atoms with Crippen LogP contribution >= 0.6 is 23.8 Å². The minimum Gasteiger partial charge on any atom is -0.381 e. The Labute approximate surface area is 316 Å². The van der Waals surface area contributed by atoms with Crippen molar-refractivity contribution in [2.75, 3.05) is 31.7 Å². The molecule has 0 atom stereocenters. The zero-order valence-corrected chi connectivity index (χ0v) is 33.3. The smallest absolute Gasteiger partial charge is 0.0533 e. The van der Waals surface area contributed by atoms with Crippen molar-refractivity contribution in [3.63, 3.8) is 0 Å². The van der Waals surface area contributed by atoms with E-state index in [2.05, 4.69) is 189 Å². The van der Waals surface area contributed by atoms with Gasteiger partial charge in [0.1, 0.15) is 0 Å². The topological polar surface area (TPSA) is 9.23 Å². The van der Waals surface area contributed by atoms with E-state index in [0.29, 0.717) is 0 Å². The molecule has 0 spiro atoms. The van der Waals surface area contributed by atoms with Gasteiger partial charge in [0.25, 0.3) is 0 Å². The first-order valence-electron chi connectivity index (χ1n) is 17.5. The third-order valence-electron chi connectivity index (χ3n) is 8.94. The van der Waals surface area contributed by atoms with Gasteiger partial charge in [0.05, 0.1) is 6.61 Å². The summed E-state index contributed by atoms with van der Waals surface area (Å²) in [6.07, 6.45) is 5.42. The van der Waals surface area contributed by atoms with Crippen molar-refractivity contribution in [1.29, 1.82) is 0 Å². The Morgan fingerprint density at radius 2 is 0.640 bits per heavy atom. The van der Waals surface area contributed by atoms with E-state index in [0.717, 1.165) is 44.5 Å². The second-order valence-electron chi connectivity index (χ2n) is 12.7. The van der Waals surface area contributed by atoms with Gasteiger partial charge in [-0.15, -0.1) is 0 Å². The minimum absolute atomic E-state index is 0. The van der Waals surface area contributed by atoms with Gasteiger partial charge >= 0.3 is 0 Å². The van der Waals surface area contributed by atoms with Crippen molar-refractivity contribution in [1.82, 2.24) is 0 Å². The molecule has 0 N–H and O–H groups in total. The predicted octanol–water partition coefficient (Wildman–Crippen LogP) is 9.19. The molecule has 1 nitrogen and oxygen atoms in total. The molecule has 0 bridgehead atoms. The van der Waals surface area contributed by atoms with Crippen LogP contribution in [0.25, 0.3) is 0 Å². The van der Waals surface area contributed by atoms with Crippen LogP contribution in [0.5, 0.6) is 0 Å². The normalized spacial score (nSPS) is 11.5. The van der Waals surface area contributed by atoms with Gasteiger partial charge in [0, 0.05) is 31.5 Å². The quantitative estimate of drug-likeness (QED) is 0.0509. The zero-order chi connectivity index (χ0) is 33.6. The van der Waals surface area contributed by atoms with Gasteiger partial charge in [-0.25, -0.2) is 0 Å². The average molecular weight is 798 g/mol. The molecule has 0 fully saturated rings. The molecule has 6 rings (SSSR count). The number of benzene rings is 6. The molecule has 6 aromatic carbocycles. The van der Waals surface area contributed by atoms with Crippen molar-refractivity contribution in [2.24, 2.45) is 5.41 Å². The second-order valence-corrected chi connectivity index (χ2v) is 19.3. The van der Waals surface area contributed by atoms with E-state index in [1.807, 2.05) is 0 Å². The third kappa shape index (κ3) is 10.6. The fourth-order valence-electron chi connectivity index (χ4n) is 6.47. The molecule has 0 aromatic heterocycles. The Hall–Kier alpha value is -2.81. The number of hydrogen-bond donors (Lipinski definition) is 0. The summed E-state index contributed by atoms with van der Waals surface area (Å²) in [7, 11) is -1.98. The molecule has 6 aromatic rings. The molecule has 0 saturated heterocycles. The van der Waals surface area contributed by atoms with Gasteiger partial charge in [-0.1, -0.05) is 195 Å². The molecule has 0 saturated carbocycles. The standard InChI is InChI=1S/C45H47OP3.Ru/c1-2-3-34-46-35-45(36-47(39-22-10-4-11-23-39)40-24-12-5-13-25-40,37-48(41-26-14-6-15-27-41)42-28-16-7-17-29-42)38-49(43-30-18-8-19-31-43)44-32-20-9-21-33-44;/h4-33H,2-3,34-38H2,1H3;. The Balaban J connectivity index is 0.00000486. The van der Waals surface area contributed by atoms with Gasteiger partial charge in [0.2, 0.25) is 0 Å². The molecule has 0 heterocycles. The van der Waals surface area contributed by atoms with E-state index in [1.165, 1.54) is 31.8 Å². The van der Waals surface area contributed by atoms with Crippen LogP contribution in [0.3, 0.4) is 0 Å². The number of rotatable bonds is 17. The Kier molecular flexibility index (Phi) is 15.6. The van der Waals surface area contributed by atoms with E-state index in [4.69, 9.17) is 4.74 Å². The predicted molar refractivity (Wildman–Crippen MR) is 220 cm³/mol. The Morgan fingerprint density at radius 3 is 0.860 bits per heavy atom. The molecule has 5 heteroatoms. The summed E-state index contributed by atoms with van der Waals surface area (Å²) >= 11 is 0. The fourth-order valence-corrected chi connectivity index (χ4v) is 15.1. The van der Waals surface area contributed by atoms with Crippen LogP contribution in [-0.4, -0.2) is 31.7 Å². The van der Waals surface area contributed by atoms with Crippen molar-refractivity contribution in [2.45, 2.75) is 19.8 Å². The van der Waals surface area contributed by atoms with Gasteiger partial charge in [-0.3, -0.25) is 0 Å². The largest absolute Gasteiger partial charge is 0.381 e. The molecule has 0 amide bonds. The molecular weight excluding hydrogens is 750 g/mol. The van der Waals surface area contributed by atoms with Gasteiger partial charge in [-0.05, 0) is 80.5 Å². The molecule has 50 heavy (non-hydrogen) atoms. The summed E-state index contributed by atoms with van der Waals surface area (Å²) in [5.74, 6) is 0. The van der Waals surface area contributed by atoms with Crippen molar-refractivity contribution in [3.8, 4) is 0 Å². The number of unbranched alkanes of at least 4 members (excludes halogenated alkanes) is 1. The molecule has 0 aliphatic rings. The summed E-state index contributed by atoms with van der Waals surface area (Å²) in [6.45, 7) is 3.81. The van der Waals surface area contributed by atoms with E-state index in [1.54, 1.807) is 0 Å². The molecule has 0 unspecified atom stereocenters. The molecule has 0 aliphatic heterocycles. The third-order valence-corrected chi connectivity index (χ3v) is 17.4. The van der Waals surface area contributed by atoms with Crippen LogP contribution in [0.4, 0.5) is 0 Å². The van der Waals surface area contributed by atoms with Gasteiger partial charge in [0.15, 0.2) is 0 Å². The van der Waals surface area contributed by atoms with E-state index >= 15 is 0 Å². The monoisotopic (exact) mass is 798 g/mol. The molecule has 0 radical (unpaired) electrons. The maximum Gasteiger partial charge on any atom is 0.0533 e. The van der Waals surface area contributed by atoms with Crippen molar-refractivity contribution >= 4 is 55.6 Å². The minimum atomic E-state index is -0.659. The SMILES string of the molecule is CCCCOCC(CP(c1ccccc1)c1ccccc1)(CP(c1ccccc1)c1ccccc1)CP(c1ccccc1)c1ccccc1.[Ru]. The van der Waals surface area contributed by atoms with E-state index in [9.17, 15) is 0 Å². The van der Waals surface area contributed by atoms with Crippen LogP contribution < -0.4 is 31.8 Å². The summed E-state index contributed by atoms with van der Waals surface area (Å²) < 4.78 is 6.89. The summed E-state index contributed by atoms with van der Waals surface area (Å²) in [6, 6.07) is 67.8. The summed E-state index contributed by atoms with van der Waals surface area (Å²) in [5.41, 5.74) is -0.0973. The summed E-state index contributed by atoms with van der Waals surface area (Å²) in [4.78, 5) is 0. The molecule has 0 aliphatic carbocycles. The zero-order valence-electron chi connectivity index (χ0n) is 28.9. The number of ether oxygens (including phenoxy) is 1. The van der Waals surface area contributed by atoms with Gasteiger partial charge < -0.3 is 4.74 Å². The first-order valence-corrected chi connectivity index (χ1v) is 22.0. The van der Waals surface area contributed by atoms with Crippen LogP contribution in [0.15, 0.2) is 182 Å². The first kappa shape index (κ1) is 38.4. The molecule has 256 valence electrons. The summed E-state index contributed by atoms with van der Waals surface area (Å²) in [5, 5.41) is 8.63. The Bertz CT molecular complexity index is 1450. The van der Waals surface area contributed by atoms with E-state index < -0.39 is 23.8 Å². The van der Waals surface area contributed by atoms with E-state index in [-0.39, 0.29) is 24.9 Å². The second kappa shape index (κ2) is 20.3. The van der Waals surface area contributed by atoms with Crippen LogP contribution in [0.2, 0.25) is 0 Å². The maximum atomic E-state index is 6.89.